The van der Waals surface area contributed by atoms with E-state index in [2.05, 4.69) is 32.9 Å². The van der Waals surface area contributed by atoms with Crippen LogP contribution in [0.5, 0.6) is 0 Å². The molecular weight excluding hydrogens is 805 g/mol. The van der Waals surface area contributed by atoms with Gasteiger partial charge in [0.25, 0.3) is 0 Å². The summed E-state index contributed by atoms with van der Waals surface area (Å²) in [4.78, 5) is 38.1. The molecule has 0 aromatic heterocycles. The van der Waals surface area contributed by atoms with Crippen LogP contribution in [0.1, 0.15) is 329 Å². The van der Waals surface area contributed by atoms with Crippen molar-refractivity contribution in [2.24, 2.45) is 0 Å². The number of carbonyl (C=O) groups excluding carboxylic acids is 3. The summed E-state index contributed by atoms with van der Waals surface area (Å²) in [6, 6.07) is 0. The fraction of sp³-hybridized carbons (Fsp3) is 0.915. The van der Waals surface area contributed by atoms with E-state index in [1.54, 1.807) is 0 Å². The number of rotatable bonds is 54. The molecule has 0 bridgehead atoms. The largest absolute Gasteiger partial charge is 0.462 e. The van der Waals surface area contributed by atoms with E-state index < -0.39 is 6.10 Å². The number of esters is 3. The molecular formula is C59H112O6. The van der Waals surface area contributed by atoms with Crippen LogP contribution in [-0.2, 0) is 28.6 Å². The molecule has 0 N–H and O–H groups in total. The van der Waals surface area contributed by atoms with E-state index in [1.165, 1.54) is 225 Å². The molecule has 384 valence electrons. The standard InChI is InChI=1S/C59H112O6/c1-4-7-10-13-16-19-22-25-27-29-30-32-34-37-40-43-46-49-52-58(61)64-55-56(54-63-57(60)51-48-45-42-39-36-33-24-21-18-15-12-9-6-3)65-59(62)53-50-47-44-41-38-35-31-28-26-23-20-17-14-11-8-5-2/h28,31,56H,4-27,29-30,32-55H2,1-3H3/b31-28-. The summed E-state index contributed by atoms with van der Waals surface area (Å²) in [6.07, 6.45) is 62.0. The van der Waals surface area contributed by atoms with Crippen molar-refractivity contribution in [2.45, 2.75) is 335 Å². The van der Waals surface area contributed by atoms with E-state index in [9.17, 15) is 14.4 Å². The summed E-state index contributed by atoms with van der Waals surface area (Å²) in [6.45, 7) is 6.69. The maximum atomic E-state index is 12.8. The topological polar surface area (TPSA) is 78.9 Å². The lowest BCUT2D eigenvalue weighted by atomic mass is 10.0. The molecule has 0 radical (unpaired) electrons. The average Bonchev–Trinajstić information content (AvgIpc) is 3.30. The van der Waals surface area contributed by atoms with Gasteiger partial charge >= 0.3 is 17.9 Å². The summed E-state index contributed by atoms with van der Waals surface area (Å²) in [5.74, 6) is -0.851. The Balaban J connectivity index is 4.30. The molecule has 0 aliphatic heterocycles. The highest BCUT2D eigenvalue weighted by atomic mass is 16.6. The average molecular weight is 918 g/mol. The van der Waals surface area contributed by atoms with Gasteiger partial charge in [0.05, 0.1) is 0 Å². The zero-order valence-corrected chi connectivity index (χ0v) is 44.0. The van der Waals surface area contributed by atoms with Crippen LogP contribution < -0.4 is 0 Å². The summed E-state index contributed by atoms with van der Waals surface area (Å²) in [5, 5.41) is 0. The molecule has 0 aliphatic rings. The van der Waals surface area contributed by atoms with Gasteiger partial charge in [0, 0.05) is 19.3 Å². The fourth-order valence-electron chi connectivity index (χ4n) is 8.85. The molecule has 0 aromatic rings. The van der Waals surface area contributed by atoms with Crippen LogP contribution in [-0.4, -0.2) is 37.2 Å². The molecule has 0 aliphatic carbocycles. The summed E-state index contributed by atoms with van der Waals surface area (Å²) in [5.41, 5.74) is 0. The van der Waals surface area contributed by atoms with Gasteiger partial charge in [-0.3, -0.25) is 14.4 Å². The number of ether oxygens (including phenoxy) is 3. The van der Waals surface area contributed by atoms with E-state index in [1.807, 2.05) is 0 Å². The van der Waals surface area contributed by atoms with Gasteiger partial charge in [-0.1, -0.05) is 277 Å². The van der Waals surface area contributed by atoms with E-state index >= 15 is 0 Å². The van der Waals surface area contributed by atoms with Crippen LogP contribution in [0.2, 0.25) is 0 Å². The molecule has 0 fully saturated rings. The Morgan fingerprint density at radius 2 is 0.508 bits per heavy atom. The summed E-state index contributed by atoms with van der Waals surface area (Å²) < 4.78 is 16.9. The molecule has 0 saturated heterocycles. The lowest BCUT2D eigenvalue weighted by molar-refractivity contribution is -0.167. The summed E-state index contributed by atoms with van der Waals surface area (Å²) >= 11 is 0. The van der Waals surface area contributed by atoms with Gasteiger partial charge in [0.15, 0.2) is 6.10 Å². The third-order valence-electron chi connectivity index (χ3n) is 13.3. The first-order chi connectivity index (χ1) is 32.0. The molecule has 0 heterocycles. The Morgan fingerprint density at radius 1 is 0.292 bits per heavy atom. The van der Waals surface area contributed by atoms with Crippen molar-refractivity contribution in [3.05, 3.63) is 12.2 Å². The molecule has 6 nitrogen and oxygen atoms in total. The predicted octanol–water partition coefficient (Wildman–Crippen LogP) is 19.3. The van der Waals surface area contributed by atoms with Crippen LogP contribution in [0, 0.1) is 0 Å². The zero-order chi connectivity index (χ0) is 47.2. The van der Waals surface area contributed by atoms with Crippen LogP contribution in [0.25, 0.3) is 0 Å². The van der Waals surface area contributed by atoms with Crippen molar-refractivity contribution in [2.75, 3.05) is 13.2 Å². The molecule has 6 heteroatoms. The van der Waals surface area contributed by atoms with Crippen LogP contribution >= 0.6 is 0 Å². The first-order valence-electron chi connectivity index (χ1n) is 29.2. The fourth-order valence-corrected chi connectivity index (χ4v) is 8.85. The molecule has 65 heavy (non-hydrogen) atoms. The smallest absolute Gasteiger partial charge is 0.306 e. The molecule has 0 amide bonds. The number of unbranched alkanes of at least 4 members (excludes halogenated alkanes) is 41. The molecule has 1 atom stereocenters. The molecule has 0 spiro atoms. The van der Waals surface area contributed by atoms with Crippen molar-refractivity contribution in [3.8, 4) is 0 Å². The Kier molecular flexibility index (Phi) is 53.2. The van der Waals surface area contributed by atoms with Crippen LogP contribution in [0.4, 0.5) is 0 Å². The van der Waals surface area contributed by atoms with Crippen molar-refractivity contribution in [1.29, 1.82) is 0 Å². The van der Waals surface area contributed by atoms with E-state index in [0.29, 0.717) is 19.3 Å². The molecule has 1 unspecified atom stereocenters. The lowest BCUT2D eigenvalue weighted by Gasteiger charge is -2.18. The third-order valence-corrected chi connectivity index (χ3v) is 13.3. The predicted molar refractivity (Wildman–Crippen MR) is 280 cm³/mol. The van der Waals surface area contributed by atoms with Crippen molar-refractivity contribution >= 4 is 17.9 Å². The lowest BCUT2D eigenvalue weighted by Crippen LogP contribution is -2.30. The maximum Gasteiger partial charge on any atom is 0.306 e. The third kappa shape index (κ3) is 53.0. The zero-order valence-electron chi connectivity index (χ0n) is 44.0. The van der Waals surface area contributed by atoms with Gasteiger partial charge in [0.2, 0.25) is 0 Å². The van der Waals surface area contributed by atoms with Crippen LogP contribution in [0.15, 0.2) is 12.2 Å². The minimum atomic E-state index is -0.768. The SMILES string of the molecule is CCCCCCCCC/C=C\CCCCCCCC(=O)OC(COC(=O)CCCCCCCCCCCCCCC)COC(=O)CCCCCCCCCCCCCCCCCCCC. The molecule has 0 aromatic carbocycles. The van der Waals surface area contributed by atoms with Gasteiger partial charge < -0.3 is 14.2 Å². The van der Waals surface area contributed by atoms with Gasteiger partial charge in [-0.15, -0.1) is 0 Å². The van der Waals surface area contributed by atoms with E-state index in [4.69, 9.17) is 14.2 Å². The van der Waals surface area contributed by atoms with Crippen molar-refractivity contribution < 1.29 is 28.6 Å². The second-order valence-corrected chi connectivity index (χ2v) is 19.9. The number of carbonyl (C=O) groups is 3. The minimum Gasteiger partial charge on any atom is -0.462 e. The molecule has 0 saturated carbocycles. The maximum absolute atomic E-state index is 12.8. The van der Waals surface area contributed by atoms with Gasteiger partial charge in [0.1, 0.15) is 13.2 Å². The van der Waals surface area contributed by atoms with Crippen molar-refractivity contribution in [3.63, 3.8) is 0 Å². The minimum absolute atomic E-state index is 0.0673. The van der Waals surface area contributed by atoms with E-state index in [0.717, 1.165) is 64.2 Å². The number of hydrogen-bond acceptors (Lipinski definition) is 6. The number of allylic oxidation sites excluding steroid dienone is 2. The second kappa shape index (κ2) is 54.8. The number of hydrogen-bond donors (Lipinski definition) is 0. The van der Waals surface area contributed by atoms with Gasteiger partial charge in [-0.2, -0.15) is 0 Å². The van der Waals surface area contributed by atoms with Gasteiger partial charge in [-0.05, 0) is 44.9 Å². The molecule has 0 rings (SSSR count). The summed E-state index contributed by atoms with van der Waals surface area (Å²) in [7, 11) is 0. The van der Waals surface area contributed by atoms with Crippen molar-refractivity contribution in [1.82, 2.24) is 0 Å². The Labute approximate surface area is 405 Å². The van der Waals surface area contributed by atoms with Gasteiger partial charge in [-0.25, -0.2) is 0 Å². The first kappa shape index (κ1) is 63.1. The Bertz CT molecular complexity index is 1010. The van der Waals surface area contributed by atoms with Crippen LogP contribution in [0.3, 0.4) is 0 Å². The highest BCUT2D eigenvalue weighted by Crippen LogP contribution is 2.17. The highest BCUT2D eigenvalue weighted by Gasteiger charge is 2.19. The Hall–Kier alpha value is -1.85. The monoisotopic (exact) mass is 917 g/mol. The normalized spacial score (nSPS) is 12.0. The first-order valence-corrected chi connectivity index (χ1v) is 29.2. The Morgan fingerprint density at radius 3 is 0.769 bits per heavy atom. The highest BCUT2D eigenvalue weighted by molar-refractivity contribution is 5.71. The second-order valence-electron chi connectivity index (χ2n) is 19.9. The van der Waals surface area contributed by atoms with E-state index in [-0.39, 0.29) is 31.1 Å². The quantitative estimate of drug-likeness (QED) is 0.0262.